The second-order valence-electron chi connectivity index (χ2n) is 4.86. The number of anilines is 1. The summed E-state index contributed by atoms with van der Waals surface area (Å²) in [6, 6.07) is 11.4. The maximum atomic E-state index is 13.0. The molecule has 3 heteroatoms. The van der Waals surface area contributed by atoms with Crippen molar-refractivity contribution in [2.24, 2.45) is 0 Å². The number of halogens is 1. The van der Waals surface area contributed by atoms with Gasteiger partial charge in [0.1, 0.15) is 5.82 Å². The average molecular weight is 271 g/mol. The number of ketones is 1. The van der Waals surface area contributed by atoms with Gasteiger partial charge in [0.05, 0.1) is 0 Å². The van der Waals surface area contributed by atoms with Gasteiger partial charge in [-0.25, -0.2) is 4.39 Å². The lowest BCUT2D eigenvalue weighted by molar-refractivity contribution is 0.103. The molecule has 0 heterocycles. The average Bonchev–Trinajstić information content (AvgIpc) is 2.45. The minimum Gasteiger partial charge on any atom is -0.398 e. The van der Waals surface area contributed by atoms with Crippen LogP contribution in [0.2, 0.25) is 0 Å². The predicted molar refractivity (Wildman–Crippen MR) is 79.3 cm³/mol. The Morgan fingerprint density at radius 1 is 1.15 bits per heavy atom. The van der Waals surface area contributed by atoms with Crippen LogP contribution in [0.5, 0.6) is 0 Å². The predicted octanol–water partition coefficient (Wildman–Crippen LogP) is 3.98. The van der Waals surface area contributed by atoms with Crippen molar-refractivity contribution in [2.75, 3.05) is 5.73 Å². The lowest BCUT2D eigenvalue weighted by Crippen LogP contribution is -2.05. The largest absolute Gasteiger partial charge is 0.398 e. The maximum Gasteiger partial charge on any atom is 0.195 e. The van der Waals surface area contributed by atoms with E-state index in [1.807, 2.05) is 12.1 Å². The summed E-state index contributed by atoms with van der Waals surface area (Å²) >= 11 is 0. The second-order valence-corrected chi connectivity index (χ2v) is 4.86. The Kier molecular flexibility index (Phi) is 4.51. The number of hydrogen-bond donors (Lipinski definition) is 1. The fourth-order valence-electron chi connectivity index (χ4n) is 2.10. The van der Waals surface area contributed by atoms with Crippen LogP contribution in [-0.4, -0.2) is 5.78 Å². The van der Waals surface area contributed by atoms with Gasteiger partial charge >= 0.3 is 0 Å². The molecular weight excluding hydrogens is 253 g/mol. The van der Waals surface area contributed by atoms with Crippen molar-refractivity contribution < 1.29 is 9.18 Å². The fourth-order valence-corrected chi connectivity index (χ4v) is 2.10. The minimum atomic E-state index is -0.436. The molecule has 2 aromatic carbocycles. The highest BCUT2D eigenvalue weighted by molar-refractivity contribution is 6.12. The van der Waals surface area contributed by atoms with Crippen LogP contribution in [0.4, 0.5) is 10.1 Å². The first kappa shape index (κ1) is 14.3. The Morgan fingerprint density at radius 3 is 2.45 bits per heavy atom. The Morgan fingerprint density at radius 2 is 1.85 bits per heavy atom. The molecule has 0 bridgehead atoms. The van der Waals surface area contributed by atoms with E-state index in [1.54, 1.807) is 12.1 Å². The molecule has 0 spiro atoms. The van der Waals surface area contributed by atoms with E-state index in [4.69, 9.17) is 5.73 Å². The smallest absolute Gasteiger partial charge is 0.195 e. The third kappa shape index (κ3) is 3.23. The molecule has 0 aromatic heterocycles. The Hall–Kier alpha value is -2.16. The van der Waals surface area contributed by atoms with Crippen molar-refractivity contribution >= 4 is 11.5 Å². The van der Waals surface area contributed by atoms with E-state index in [9.17, 15) is 9.18 Å². The number of carbonyl (C=O) groups excluding carboxylic acids is 1. The molecule has 2 N–H and O–H groups in total. The number of nitrogen functional groups attached to an aromatic ring is 1. The zero-order valence-electron chi connectivity index (χ0n) is 11.5. The van der Waals surface area contributed by atoms with E-state index in [0.29, 0.717) is 11.1 Å². The lowest BCUT2D eigenvalue weighted by atomic mass is 9.99. The number of hydrogen-bond acceptors (Lipinski definition) is 2. The number of unbranched alkanes of at least 4 members (excludes halogenated alkanes) is 1. The van der Waals surface area contributed by atoms with Crippen LogP contribution in [0.3, 0.4) is 0 Å². The molecule has 0 fully saturated rings. The van der Waals surface area contributed by atoms with Crippen LogP contribution >= 0.6 is 0 Å². The second kappa shape index (κ2) is 6.33. The first-order chi connectivity index (χ1) is 9.61. The molecule has 0 saturated carbocycles. The van der Waals surface area contributed by atoms with Gasteiger partial charge in [-0.2, -0.15) is 0 Å². The molecule has 0 aliphatic heterocycles. The van der Waals surface area contributed by atoms with Gasteiger partial charge in [0, 0.05) is 16.8 Å². The molecule has 0 aliphatic carbocycles. The minimum absolute atomic E-state index is 0.171. The molecular formula is C17H18FNO. The summed E-state index contributed by atoms with van der Waals surface area (Å²) in [4.78, 5) is 12.3. The Bertz CT molecular complexity index is 605. The summed E-state index contributed by atoms with van der Waals surface area (Å²) in [5, 5.41) is 0. The molecule has 0 unspecified atom stereocenters. The van der Waals surface area contributed by atoms with Crippen molar-refractivity contribution in [2.45, 2.75) is 26.2 Å². The zero-order chi connectivity index (χ0) is 14.5. The van der Waals surface area contributed by atoms with Crippen molar-refractivity contribution in [1.29, 1.82) is 0 Å². The summed E-state index contributed by atoms with van der Waals surface area (Å²) in [6.07, 6.45) is 3.30. The first-order valence-corrected chi connectivity index (χ1v) is 6.80. The highest BCUT2D eigenvalue weighted by Crippen LogP contribution is 2.18. The molecule has 0 atom stereocenters. The molecule has 0 saturated heterocycles. The van der Waals surface area contributed by atoms with Gasteiger partial charge in [0.25, 0.3) is 0 Å². The van der Waals surface area contributed by atoms with E-state index in [-0.39, 0.29) is 11.5 Å². The summed E-state index contributed by atoms with van der Waals surface area (Å²) in [5.74, 6) is -0.612. The molecule has 0 amide bonds. The van der Waals surface area contributed by atoms with Crippen LogP contribution in [0.25, 0.3) is 0 Å². The van der Waals surface area contributed by atoms with Gasteiger partial charge in [0.2, 0.25) is 0 Å². The Balaban J connectivity index is 2.20. The van der Waals surface area contributed by atoms with E-state index >= 15 is 0 Å². The molecule has 0 aliphatic rings. The molecule has 104 valence electrons. The third-order valence-corrected chi connectivity index (χ3v) is 3.29. The van der Waals surface area contributed by atoms with Crippen LogP contribution in [0.15, 0.2) is 42.5 Å². The first-order valence-electron chi connectivity index (χ1n) is 6.80. The molecule has 2 rings (SSSR count). The van der Waals surface area contributed by atoms with Gasteiger partial charge < -0.3 is 5.73 Å². The highest BCUT2D eigenvalue weighted by Gasteiger charge is 2.12. The van der Waals surface area contributed by atoms with E-state index in [0.717, 1.165) is 19.3 Å². The van der Waals surface area contributed by atoms with Gasteiger partial charge in [-0.15, -0.1) is 0 Å². The third-order valence-electron chi connectivity index (χ3n) is 3.29. The van der Waals surface area contributed by atoms with Crippen molar-refractivity contribution in [3.63, 3.8) is 0 Å². The highest BCUT2D eigenvalue weighted by atomic mass is 19.1. The van der Waals surface area contributed by atoms with Gasteiger partial charge in [0.15, 0.2) is 5.78 Å². The standard InChI is InChI=1S/C17H18FNO/c1-2-3-4-12-5-7-13(8-6-12)17(20)15-10-9-14(18)11-16(15)19/h5-11H,2-4,19H2,1H3. The molecule has 2 aromatic rings. The van der Waals surface area contributed by atoms with Gasteiger partial charge in [-0.05, 0) is 36.6 Å². The number of nitrogens with two attached hydrogens (primary N) is 1. The summed E-state index contributed by atoms with van der Waals surface area (Å²) in [5.41, 5.74) is 8.00. The summed E-state index contributed by atoms with van der Waals surface area (Å²) < 4.78 is 13.0. The number of aryl methyl sites for hydroxylation is 1. The quantitative estimate of drug-likeness (QED) is 0.660. The Labute approximate surface area is 118 Å². The maximum absolute atomic E-state index is 13.0. The summed E-state index contributed by atoms with van der Waals surface area (Å²) in [7, 11) is 0. The van der Waals surface area contributed by atoms with Crippen LogP contribution < -0.4 is 5.73 Å². The van der Waals surface area contributed by atoms with Gasteiger partial charge in [-0.1, -0.05) is 37.6 Å². The lowest BCUT2D eigenvalue weighted by Gasteiger charge is -2.06. The monoisotopic (exact) mass is 271 g/mol. The number of carbonyl (C=O) groups is 1. The number of benzene rings is 2. The SMILES string of the molecule is CCCCc1ccc(C(=O)c2ccc(F)cc2N)cc1. The van der Waals surface area contributed by atoms with E-state index in [1.165, 1.54) is 23.8 Å². The molecule has 2 nitrogen and oxygen atoms in total. The molecule has 20 heavy (non-hydrogen) atoms. The van der Waals surface area contributed by atoms with Crippen LogP contribution in [0.1, 0.15) is 41.3 Å². The van der Waals surface area contributed by atoms with Crippen LogP contribution in [-0.2, 0) is 6.42 Å². The zero-order valence-corrected chi connectivity index (χ0v) is 11.5. The summed E-state index contributed by atoms with van der Waals surface area (Å²) in [6.45, 7) is 2.15. The van der Waals surface area contributed by atoms with Crippen molar-refractivity contribution in [1.82, 2.24) is 0 Å². The molecule has 0 radical (unpaired) electrons. The van der Waals surface area contributed by atoms with Gasteiger partial charge in [-0.3, -0.25) is 4.79 Å². The van der Waals surface area contributed by atoms with E-state index < -0.39 is 5.82 Å². The van der Waals surface area contributed by atoms with Crippen LogP contribution in [0, 0.1) is 5.82 Å². The topological polar surface area (TPSA) is 43.1 Å². The van der Waals surface area contributed by atoms with Crippen molar-refractivity contribution in [3.8, 4) is 0 Å². The normalized spacial score (nSPS) is 10.5. The van der Waals surface area contributed by atoms with Crippen molar-refractivity contribution in [3.05, 3.63) is 65.0 Å². The fraction of sp³-hybridized carbons (Fsp3) is 0.235. The number of rotatable bonds is 5. The van der Waals surface area contributed by atoms with E-state index in [2.05, 4.69) is 6.92 Å².